The van der Waals surface area contributed by atoms with Crippen molar-refractivity contribution < 1.29 is 4.42 Å². The van der Waals surface area contributed by atoms with E-state index in [1.54, 1.807) is 12.5 Å². The molecule has 0 radical (unpaired) electrons. The van der Waals surface area contributed by atoms with Crippen LogP contribution in [0.1, 0.15) is 31.2 Å². The van der Waals surface area contributed by atoms with Gasteiger partial charge in [0.15, 0.2) is 0 Å². The number of nitrogens with zero attached hydrogens (tertiary/aromatic N) is 2. The van der Waals surface area contributed by atoms with E-state index in [0.29, 0.717) is 5.15 Å². The van der Waals surface area contributed by atoms with E-state index >= 15 is 0 Å². The summed E-state index contributed by atoms with van der Waals surface area (Å²) in [4.78, 5) is 8.79. The maximum absolute atomic E-state index is 6.10. The summed E-state index contributed by atoms with van der Waals surface area (Å²) in [6, 6.07) is 1.87. The van der Waals surface area contributed by atoms with Crippen molar-refractivity contribution in [2.45, 2.75) is 26.7 Å². The molecule has 2 aromatic heterocycles. The highest BCUT2D eigenvalue weighted by Crippen LogP contribution is 2.27. The third kappa shape index (κ3) is 1.95. The molecule has 0 N–H and O–H groups in total. The average Bonchev–Trinajstić information content (AvgIpc) is 2.74. The smallest absolute Gasteiger partial charge is 0.136 e. The molecule has 0 amide bonds. The monoisotopic (exact) mass is 236 g/mol. The fourth-order valence-corrected chi connectivity index (χ4v) is 1.62. The maximum atomic E-state index is 6.10. The van der Waals surface area contributed by atoms with Crippen LogP contribution in [0.2, 0.25) is 5.15 Å². The summed E-state index contributed by atoms with van der Waals surface area (Å²) < 4.78 is 5.06. The summed E-state index contributed by atoms with van der Waals surface area (Å²) in [7, 11) is 0. The van der Waals surface area contributed by atoms with Gasteiger partial charge in [-0.05, 0) is 13.0 Å². The molecule has 0 saturated heterocycles. The van der Waals surface area contributed by atoms with E-state index in [-0.39, 0.29) is 5.92 Å². The molecule has 0 fully saturated rings. The molecule has 0 spiro atoms. The first kappa shape index (κ1) is 11.1. The van der Waals surface area contributed by atoms with E-state index in [4.69, 9.17) is 16.0 Å². The standard InChI is InChI=1S/C12H13ClN2O/c1-7(2)12-14-10(8(3)11(13)15-12)9-4-5-16-6-9/h4-7H,1-3H3. The lowest BCUT2D eigenvalue weighted by atomic mass is 10.1. The van der Waals surface area contributed by atoms with Gasteiger partial charge in [0.1, 0.15) is 11.0 Å². The third-order valence-electron chi connectivity index (χ3n) is 2.41. The predicted octanol–water partition coefficient (Wildman–Crippen LogP) is 3.82. The third-order valence-corrected chi connectivity index (χ3v) is 2.78. The molecule has 0 bridgehead atoms. The number of halogens is 1. The van der Waals surface area contributed by atoms with Crippen molar-refractivity contribution in [2.75, 3.05) is 0 Å². The highest BCUT2D eigenvalue weighted by atomic mass is 35.5. The molecule has 0 atom stereocenters. The van der Waals surface area contributed by atoms with Crippen LogP contribution in [0.3, 0.4) is 0 Å². The molecule has 16 heavy (non-hydrogen) atoms. The molecule has 0 unspecified atom stereocenters. The molecule has 0 aromatic carbocycles. The van der Waals surface area contributed by atoms with Gasteiger partial charge >= 0.3 is 0 Å². The molecule has 3 nitrogen and oxygen atoms in total. The van der Waals surface area contributed by atoms with Gasteiger partial charge in [-0.15, -0.1) is 0 Å². The predicted molar refractivity (Wildman–Crippen MR) is 63.6 cm³/mol. The van der Waals surface area contributed by atoms with Gasteiger partial charge in [0.05, 0.1) is 18.2 Å². The zero-order valence-corrected chi connectivity index (χ0v) is 10.2. The molecule has 84 valence electrons. The second-order valence-electron chi connectivity index (χ2n) is 4.01. The normalized spacial score (nSPS) is 11.1. The van der Waals surface area contributed by atoms with Crippen LogP contribution in [-0.2, 0) is 0 Å². The summed E-state index contributed by atoms with van der Waals surface area (Å²) >= 11 is 6.10. The van der Waals surface area contributed by atoms with Crippen LogP contribution in [0.15, 0.2) is 23.0 Å². The minimum Gasteiger partial charge on any atom is -0.472 e. The molecule has 4 heteroatoms. The summed E-state index contributed by atoms with van der Waals surface area (Å²) in [5, 5.41) is 0.509. The Hall–Kier alpha value is -1.35. The Kier molecular flexibility index (Phi) is 2.97. The summed E-state index contributed by atoms with van der Waals surface area (Å²) in [5.41, 5.74) is 2.66. The van der Waals surface area contributed by atoms with Crippen molar-refractivity contribution in [1.82, 2.24) is 9.97 Å². The second-order valence-corrected chi connectivity index (χ2v) is 4.37. The Balaban J connectivity index is 2.60. The van der Waals surface area contributed by atoms with Gasteiger partial charge < -0.3 is 4.42 Å². The van der Waals surface area contributed by atoms with Crippen molar-refractivity contribution in [3.8, 4) is 11.3 Å². The minimum atomic E-state index is 0.253. The van der Waals surface area contributed by atoms with E-state index in [2.05, 4.69) is 9.97 Å². The van der Waals surface area contributed by atoms with E-state index < -0.39 is 0 Å². The van der Waals surface area contributed by atoms with Crippen LogP contribution in [0, 0.1) is 6.92 Å². The zero-order valence-electron chi connectivity index (χ0n) is 9.49. The van der Waals surface area contributed by atoms with Crippen molar-refractivity contribution >= 4 is 11.6 Å². The van der Waals surface area contributed by atoms with Crippen LogP contribution < -0.4 is 0 Å². The van der Waals surface area contributed by atoms with Crippen molar-refractivity contribution in [3.63, 3.8) is 0 Å². The van der Waals surface area contributed by atoms with Crippen LogP contribution in [0.5, 0.6) is 0 Å². The van der Waals surface area contributed by atoms with Gasteiger partial charge in [-0.1, -0.05) is 25.4 Å². The molecule has 2 heterocycles. The number of rotatable bonds is 2. The summed E-state index contributed by atoms with van der Waals surface area (Å²) in [6.07, 6.45) is 3.29. The molecule has 0 aliphatic rings. The Morgan fingerprint density at radius 2 is 2.06 bits per heavy atom. The lowest BCUT2D eigenvalue weighted by Gasteiger charge is -2.09. The molecule has 0 aliphatic heterocycles. The minimum absolute atomic E-state index is 0.253. The first-order chi connectivity index (χ1) is 7.59. The fourth-order valence-electron chi connectivity index (χ4n) is 1.44. The van der Waals surface area contributed by atoms with Crippen molar-refractivity contribution in [3.05, 3.63) is 35.1 Å². The number of aromatic nitrogens is 2. The van der Waals surface area contributed by atoms with Gasteiger partial charge in [0.2, 0.25) is 0 Å². The van der Waals surface area contributed by atoms with E-state index in [1.165, 1.54) is 0 Å². The molecular weight excluding hydrogens is 224 g/mol. The Morgan fingerprint density at radius 3 is 2.62 bits per heavy atom. The zero-order chi connectivity index (χ0) is 11.7. The molecule has 2 aromatic rings. The largest absolute Gasteiger partial charge is 0.472 e. The fraction of sp³-hybridized carbons (Fsp3) is 0.333. The molecule has 0 saturated carbocycles. The number of hydrogen-bond acceptors (Lipinski definition) is 3. The summed E-state index contributed by atoms with van der Waals surface area (Å²) in [5.74, 6) is 1.01. The van der Waals surface area contributed by atoms with Crippen LogP contribution in [-0.4, -0.2) is 9.97 Å². The maximum Gasteiger partial charge on any atom is 0.136 e. The van der Waals surface area contributed by atoms with Gasteiger partial charge in [-0.25, -0.2) is 9.97 Å². The Morgan fingerprint density at radius 1 is 1.31 bits per heavy atom. The molecule has 0 aliphatic carbocycles. The lowest BCUT2D eigenvalue weighted by molar-refractivity contribution is 0.568. The van der Waals surface area contributed by atoms with Crippen molar-refractivity contribution in [1.29, 1.82) is 0 Å². The lowest BCUT2D eigenvalue weighted by Crippen LogP contribution is -2.01. The van der Waals surface area contributed by atoms with Gasteiger partial charge in [0.25, 0.3) is 0 Å². The quantitative estimate of drug-likeness (QED) is 0.744. The van der Waals surface area contributed by atoms with Crippen LogP contribution in [0.4, 0.5) is 0 Å². The molecular formula is C12H13ClN2O. The van der Waals surface area contributed by atoms with E-state index in [0.717, 1.165) is 22.6 Å². The summed E-state index contributed by atoms with van der Waals surface area (Å²) in [6.45, 7) is 6.00. The first-order valence-corrected chi connectivity index (χ1v) is 5.54. The number of furan rings is 1. The van der Waals surface area contributed by atoms with Crippen LogP contribution >= 0.6 is 11.6 Å². The van der Waals surface area contributed by atoms with Crippen LogP contribution in [0.25, 0.3) is 11.3 Å². The topological polar surface area (TPSA) is 38.9 Å². The van der Waals surface area contributed by atoms with Gasteiger partial charge in [0, 0.05) is 17.0 Å². The average molecular weight is 237 g/mol. The van der Waals surface area contributed by atoms with E-state index in [1.807, 2.05) is 26.8 Å². The van der Waals surface area contributed by atoms with Gasteiger partial charge in [-0.2, -0.15) is 0 Å². The van der Waals surface area contributed by atoms with E-state index in [9.17, 15) is 0 Å². The first-order valence-electron chi connectivity index (χ1n) is 5.16. The van der Waals surface area contributed by atoms with Gasteiger partial charge in [-0.3, -0.25) is 0 Å². The van der Waals surface area contributed by atoms with Crippen molar-refractivity contribution in [2.24, 2.45) is 0 Å². The number of hydrogen-bond donors (Lipinski definition) is 0. The highest BCUT2D eigenvalue weighted by Gasteiger charge is 2.13. The molecule has 2 rings (SSSR count). The Bertz CT molecular complexity index is 492. The highest BCUT2D eigenvalue weighted by molar-refractivity contribution is 6.30. The SMILES string of the molecule is Cc1c(Cl)nc(C(C)C)nc1-c1ccoc1. The Labute approximate surface area is 99.5 Å². The second kappa shape index (κ2) is 4.26.